The maximum absolute atomic E-state index is 5.73. The Morgan fingerprint density at radius 1 is 1.30 bits per heavy atom. The van der Waals surface area contributed by atoms with E-state index < -0.39 is 0 Å². The second-order valence-corrected chi connectivity index (χ2v) is 6.32. The van der Waals surface area contributed by atoms with Crippen LogP contribution in [0.25, 0.3) is 11.4 Å². The molecule has 0 aliphatic carbocycles. The van der Waals surface area contributed by atoms with E-state index in [1.54, 1.807) is 26.0 Å². The molecule has 7 heteroatoms. The highest BCUT2D eigenvalue weighted by Gasteiger charge is 2.16. The van der Waals surface area contributed by atoms with E-state index in [9.17, 15) is 0 Å². The SMILES string of the molecule is COc1ccc(-c2nc(SC[C@H]3CCCCO3)n[nH]2)c(OC)c1. The summed E-state index contributed by atoms with van der Waals surface area (Å²) in [5, 5.41) is 7.99. The number of thioether (sulfide) groups is 1. The molecule has 124 valence electrons. The Labute approximate surface area is 139 Å². The lowest BCUT2D eigenvalue weighted by molar-refractivity contribution is 0.0315. The van der Waals surface area contributed by atoms with Gasteiger partial charge in [0, 0.05) is 18.4 Å². The van der Waals surface area contributed by atoms with Crippen LogP contribution in [0.5, 0.6) is 11.5 Å². The van der Waals surface area contributed by atoms with Crippen molar-refractivity contribution in [1.82, 2.24) is 15.2 Å². The van der Waals surface area contributed by atoms with Crippen LogP contribution in [0.1, 0.15) is 19.3 Å². The van der Waals surface area contributed by atoms with E-state index in [1.807, 2.05) is 18.2 Å². The molecule has 2 heterocycles. The molecule has 1 aromatic carbocycles. The molecule has 6 nitrogen and oxygen atoms in total. The Morgan fingerprint density at radius 3 is 2.96 bits per heavy atom. The number of rotatable bonds is 6. The average molecular weight is 335 g/mol. The largest absolute Gasteiger partial charge is 0.497 e. The summed E-state index contributed by atoms with van der Waals surface area (Å²) in [4.78, 5) is 4.55. The van der Waals surface area contributed by atoms with Crippen LogP contribution in [-0.2, 0) is 4.74 Å². The minimum absolute atomic E-state index is 0.311. The fourth-order valence-corrected chi connectivity index (χ4v) is 3.40. The maximum atomic E-state index is 5.73. The third-order valence-corrected chi connectivity index (χ3v) is 4.78. The summed E-state index contributed by atoms with van der Waals surface area (Å²) >= 11 is 1.62. The molecule has 1 fully saturated rings. The number of methoxy groups -OCH3 is 2. The van der Waals surface area contributed by atoms with Gasteiger partial charge in [-0.1, -0.05) is 11.8 Å². The Morgan fingerprint density at radius 2 is 2.22 bits per heavy atom. The van der Waals surface area contributed by atoms with Gasteiger partial charge >= 0.3 is 0 Å². The quantitative estimate of drug-likeness (QED) is 0.818. The molecule has 2 aromatic rings. The molecule has 1 aliphatic rings. The monoisotopic (exact) mass is 335 g/mol. The fourth-order valence-electron chi connectivity index (χ4n) is 2.53. The van der Waals surface area contributed by atoms with Gasteiger partial charge in [0.25, 0.3) is 0 Å². The van der Waals surface area contributed by atoms with Crippen molar-refractivity contribution >= 4 is 11.8 Å². The fraction of sp³-hybridized carbons (Fsp3) is 0.500. The lowest BCUT2D eigenvalue weighted by Crippen LogP contribution is -2.21. The number of ether oxygens (including phenoxy) is 3. The summed E-state index contributed by atoms with van der Waals surface area (Å²) in [6.07, 6.45) is 3.85. The zero-order chi connectivity index (χ0) is 16.1. The van der Waals surface area contributed by atoms with Gasteiger partial charge in [-0.15, -0.1) is 5.10 Å². The van der Waals surface area contributed by atoms with Crippen LogP contribution < -0.4 is 9.47 Å². The summed E-state index contributed by atoms with van der Waals surface area (Å²) in [5.41, 5.74) is 0.863. The number of aromatic amines is 1. The van der Waals surface area contributed by atoms with Crippen molar-refractivity contribution in [2.75, 3.05) is 26.6 Å². The van der Waals surface area contributed by atoms with Gasteiger partial charge in [0.1, 0.15) is 11.5 Å². The smallest absolute Gasteiger partial charge is 0.208 e. The van der Waals surface area contributed by atoms with Gasteiger partial charge in [0.2, 0.25) is 5.16 Å². The first kappa shape index (κ1) is 16.1. The number of hydrogen-bond acceptors (Lipinski definition) is 6. The normalized spacial score (nSPS) is 17.9. The molecule has 3 rings (SSSR count). The van der Waals surface area contributed by atoms with Crippen molar-refractivity contribution in [3.8, 4) is 22.9 Å². The Kier molecular flexibility index (Phi) is 5.40. The molecule has 0 amide bonds. The van der Waals surface area contributed by atoms with Crippen molar-refractivity contribution in [2.24, 2.45) is 0 Å². The molecular formula is C16H21N3O3S. The molecule has 0 saturated carbocycles. The number of hydrogen-bond donors (Lipinski definition) is 1. The van der Waals surface area contributed by atoms with E-state index in [2.05, 4.69) is 15.2 Å². The zero-order valence-electron chi connectivity index (χ0n) is 13.4. The summed E-state index contributed by atoms with van der Waals surface area (Å²) in [7, 11) is 3.26. The molecule has 1 aliphatic heterocycles. The van der Waals surface area contributed by atoms with Crippen LogP contribution in [0.15, 0.2) is 23.4 Å². The molecular weight excluding hydrogens is 314 g/mol. The molecule has 0 radical (unpaired) electrons. The molecule has 0 unspecified atom stereocenters. The van der Waals surface area contributed by atoms with E-state index in [4.69, 9.17) is 14.2 Å². The van der Waals surface area contributed by atoms with Gasteiger partial charge in [-0.05, 0) is 31.4 Å². The third kappa shape index (κ3) is 3.97. The molecule has 1 N–H and O–H groups in total. The van der Waals surface area contributed by atoms with Crippen LogP contribution in [0.3, 0.4) is 0 Å². The third-order valence-electron chi connectivity index (χ3n) is 3.80. The summed E-state index contributed by atoms with van der Waals surface area (Å²) in [5.74, 6) is 3.02. The lowest BCUT2D eigenvalue weighted by atomic mass is 10.1. The Balaban J connectivity index is 1.68. The van der Waals surface area contributed by atoms with Crippen molar-refractivity contribution in [2.45, 2.75) is 30.5 Å². The van der Waals surface area contributed by atoms with Crippen LogP contribution >= 0.6 is 11.8 Å². The van der Waals surface area contributed by atoms with E-state index >= 15 is 0 Å². The van der Waals surface area contributed by atoms with Gasteiger partial charge in [0.05, 0.1) is 25.9 Å². The molecule has 1 aromatic heterocycles. The van der Waals surface area contributed by atoms with Gasteiger partial charge in [-0.3, -0.25) is 5.10 Å². The average Bonchev–Trinajstić information content (AvgIpc) is 3.09. The van der Waals surface area contributed by atoms with E-state index in [0.29, 0.717) is 17.7 Å². The molecule has 0 bridgehead atoms. The highest BCUT2D eigenvalue weighted by Crippen LogP contribution is 2.32. The second-order valence-electron chi connectivity index (χ2n) is 5.33. The topological polar surface area (TPSA) is 69.3 Å². The van der Waals surface area contributed by atoms with Gasteiger partial charge in [-0.25, -0.2) is 4.98 Å². The maximum Gasteiger partial charge on any atom is 0.208 e. The van der Waals surface area contributed by atoms with Crippen LogP contribution in [0.2, 0.25) is 0 Å². The minimum Gasteiger partial charge on any atom is -0.497 e. The zero-order valence-corrected chi connectivity index (χ0v) is 14.2. The van der Waals surface area contributed by atoms with Crippen LogP contribution in [0.4, 0.5) is 0 Å². The Bertz CT molecular complexity index is 641. The van der Waals surface area contributed by atoms with Crippen molar-refractivity contribution in [1.29, 1.82) is 0 Å². The first-order valence-corrected chi connectivity index (χ1v) is 8.68. The molecule has 1 atom stereocenters. The predicted octanol–water partition coefficient (Wildman–Crippen LogP) is 3.15. The standard InChI is InChI=1S/C16H21N3O3S/c1-20-11-6-7-13(14(9-11)21-2)15-17-16(19-18-15)23-10-12-5-3-4-8-22-12/h6-7,9,12H,3-5,8,10H2,1-2H3,(H,17,18,19)/t12-/m1/s1. The summed E-state index contributed by atoms with van der Waals surface area (Å²) in [6, 6.07) is 5.63. The number of nitrogens with zero attached hydrogens (tertiary/aromatic N) is 2. The first-order chi connectivity index (χ1) is 11.3. The summed E-state index contributed by atoms with van der Waals surface area (Å²) < 4.78 is 16.4. The van der Waals surface area contributed by atoms with Gasteiger partial charge < -0.3 is 14.2 Å². The first-order valence-electron chi connectivity index (χ1n) is 7.69. The van der Waals surface area contributed by atoms with E-state index in [1.165, 1.54) is 12.8 Å². The molecule has 23 heavy (non-hydrogen) atoms. The molecule has 0 spiro atoms. The number of benzene rings is 1. The summed E-state index contributed by atoms with van der Waals surface area (Å²) in [6.45, 7) is 0.869. The van der Waals surface area contributed by atoms with Crippen molar-refractivity contribution in [3.05, 3.63) is 18.2 Å². The minimum atomic E-state index is 0.311. The highest BCUT2D eigenvalue weighted by atomic mass is 32.2. The lowest BCUT2D eigenvalue weighted by Gasteiger charge is -2.21. The molecule has 1 saturated heterocycles. The number of nitrogens with one attached hydrogen (secondary N) is 1. The Hall–Kier alpha value is -1.73. The van der Waals surface area contributed by atoms with E-state index in [0.717, 1.165) is 35.2 Å². The predicted molar refractivity (Wildman–Crippen MR) is 89.2 cm³/mol. The van der Waals surface area contributed by atoms with Gasteiger partial charge in [0.15, 0.2) is 5.82 Å². The van der Waals surface area contributed by atoms with Crippen molar-refractivity contribution in [3.63, 3.8) is 0 Å². The number of H-pyrrole nitrogens is 1. The van der Waals surface area contributed by atoms with Crippen LogP contribution in [0, 0.1) is 0 Å². The van der Waals surface area contributed by atoms with Gasteiger partial charge in [-0.2, -0.15) is 0 Å². The second kappa shape index (κ2) is 7.70. The van der Waals surface area contributed by atoms with Crippen molar-refractivity contribution < 1.29 is 14.2 Å². The number of aromatic nitrogens is 3. The highest BCUT2D eigenvalue weighted by molar-refractivity contribution is 7.99. The van der Waals surface area contributed by atoms with E-state index in [-0.39, 0.29) is 0 Å². The van der Waals surface area contributed by atoms with Crippen LogP contribution in [-0.4, -0.2) is 47.9 Å².